The van der Waals surface area contributed by atoms with E-state index in [1.54, 1.807) is 0 Å². The first-order valence-corrected chi connectivity index (χ1v) is 4.70. The largest absolute Gasteiger partial charge is 0.330 e. The zero-order chi connectivity index (χ0) is 10.6. The third-order valence-electron chi connectivity index (χ3n) is 0.496. The lowest BCUT2D eigenvalue weighted by atomic mass is 10.3. The maximum absolute atomic E-state index is 9.96. The standard InChI is InChI=1S/C4H9NO.C4H10.C2H6/c1-4(6)2-3-5;1-4(2)3;1-2/h2-3,5H2,1H3;4H,1-3H3;1-2H3. The van der Waals surface area contributed by atoms with Gasteiger partial charge >= 0.3 is 0 Å². The van der Waals surface area contributed by atoms with Crippen molar-refractivity contribution < 1.29 is 4.79 Å². The van der Waals surface area contributed by atoms with Gasteiger partial charge in [0.15, 0.2) is 0 Å². The van der Waals surface area contributed by atoms with Gasteiger partial charge in [-0.05, 0) is 19.4 Å². The summed E-state index contributed by atoms with van der Waals surface area (Å²) in [6.45, 7) is 12.5. The molecule has 0 saturated heterocycles. The third-order valence-corrected chi connectivity index (χ3v) is 0.496. The van der Waals surface area contributed by atoms with Crippen LogP contribution in [0.25, 0.3) is 0 Å². The minimum atomic E-state index is 0.164. The number of Topliss-reactive ketones (excluding diaryl/α,β-unsaturated/α-hetero) is 1. The van der Waals surface area contributed by atoms with Crippen molar-refractivity contribution in [3.05, 3.63) is 0 Å². The molecule has 0 aliphatic heterocycles. The monoisotopic (exact) mass is 175 g/mol. The lowest BCUT2D eigenvalue weighted by Crippen LogP contribution is -2.03. The van der Waals surface area contributed by atoms with Crippen LogP contribution in [0.3, 0.4) is 0 Å². The summed E-state index contributed by atoms with van der Waals surface area (Å²) in [6, 6.07) is 0. The number of hydrogen-bond donors (Lipinski definition) is 1. The molecule has 0 unspecified atom stereocenters. The van der Waals surface area contributed by atoms with Crippen LogP contribution in [0.1, 0.15) is 48.0 Å². The van der Waals surface area contributed by atoms with E-state index >= 15 is 0 Å². The van der Waals surface area contributed by atoms with Crippen molar-refractivity contribution in [1.29, 1.82) is 0 Å². The van der Waals surface area contributed by atoms with Gasteiger partial charge in [-0.3, -0.25) is 4.79 Å². The Morgan fingerprint density at radius 1 is 1.25 bits per heavy atom. The van der Waals surface area contributed by atoms with Gasteiger partial charge in [-0.1, -0.05) is 34.6 Å². The molecule has 0 amide bonds. The molecule has 0 radical (unpaired) electrons. The Balaban J connectivity index is -0.000000118. The van der Waals surface area contributed by atoms with E-state index in [4.69, 9.17) is 5.73 Å². The van der Waals surface area contributed by atoms with Crippen molar-refractivity contribution in [2.24, 2.45) is 11.7 Å². The van der Waals surface area contributed by atoms with E-state index in [2.05, 4.69) is 20.8 Å². The van der Waals surface area contributed by atoms with Crippen LogP contribution in [0.15, 0.2) is 0 Å². The van der Waals surface area contributed by atoms with E-state index in [0.717, 1.165) is 5.92 Å². The van der Waals surface area contributed by atoms with Crippen molar-refractivity contribution in [3.8, 4) is 0 Å². The molecule has 12 heavy (non-hydrogen) atoms. The molecule has 0 aromatic carbocycles. The Hall–Kier alpha value is -0.370. The van der Waals surface area contributed by atoms with Gasteiger partial charge in [-0.2, -0.15) is 0 Å². The summed E-state index contributed by atoms with van der Waals surface area (Å²) in [6.07, 6.45) is 0.514. The van der Waals surface area contributed by atoms with Crippen LogP contribution in [0.5, 0.6) is 0 Å². The Morgan fingerprint density at radius 2 is 1.50 bits per heavy atom. The Kier molecular flexibility index (Phi) is 24.9. The number of carbonyl (C=O) groups is 1. The zero-order valence-electron chi connectivity index (χ0n) is 9.48. The highest BCUT2D eigenvalue weighted by molar-refractivity contribution is 5.75. The Morgan fingerprint density at radius 3 is 1.50 bits per heavy atom. The highest BCUT2D eigenvalue weighted by atomic mass is 16.1. The van der Waals surface area contributed by atoms with Crippen molar-refractivity contribution >= 4 is 5.78 Å². The topological polar surface area (TPSA) is 43.1 Å². The van der Waals surface area contributed by atoms with Gasteiger partial charge < -0.3 is 5.73 Å². The molecule has 0 fully saturated rings. The first-order valence-electron chi connectivity index (χ1n) is 4.70. The second-order valence-electron chi connectivity index (χ2n) is 2.97. The maximum atomic E-state index is 9.96. The lowest BCUT2D eigenvalue weighted by Gasteiger charge is -1.81. The lowest BCUT2D eigenvalue weighted by molar-refractivity contribution is -0.116. The van der Waals surface area contributed by atoms with Gasteiger partial charge in [0.25, 0.3) is 0 Å². The molecule has 2 heteroatoms. The molecule has 0 aromatic heterocycles. The summed E-state index contributed by atoms with van der Waals surface area (Å²) in [5, 5.41) is 0. The molecule has 0 heterocycles. The number of ketones is 1. The SMILES string of the molecule is CC.CC(=O)CCN.CC(C)C. The summed E-state index contributed by atoms with van der Waals surface area (Å²) < 4.78 is 0. The minimum Gasteiger partial charge on any atom is -0.330 e. The fraction of sp³-hybridized carbons (Fsp3) is 0.900. The molecule has 0 bridgehead atoms. The van der Waals surface area contributed by atoms with Crippen molar-refractivity contribution in [2.45, 2.75) is 48.0 Å². The molecular weight excluding hydrogens is 150 g/mol. The van der Waals surface area contributed by atoms with Crippen LogP contribution in [-0.4, -0.2) is 12.3 Å². The highest BCUT2D eigenvalue weighted by Gasteiger charge is 1.83. The number of carbonyl (C=O) groups excluding carboxylic acids is 1. The number of nitrogens with two attached hydrogens (primary N) is 1. The van der Waals surface area contributed by atoms with Crippen molar-refractivity contribution in [3.63, 3.8) is 0 Å². The fourth-order valence-electron chi connectivity index (χ4n) is 0.203. The molecule has 0 saturated carbocycles. The van der Waals surface area contributed by atoms with Crippen LogP contribution in [0.4, 0.5) is 0 Å². The van der Waals surface area contributed by atoms with E-state index in [-0.39, 0.29) is 5.78 Å². The average Bonchev–Trinajstić information content (AvgIpc) is 1.90. The van der Waals surface area contributed by atoms with Crippen molar-refractivity contribution in [1.82, 2.24) is 0 Å². The van der Waals surface area contributed by atoms with Gasteiger partial charge in [-0.25, -0.2) is 0 Å². The summed E-state index contributed by atoms with van der Waals surface area (Å²) in [5.74, 6) is 0.998. The van der Waals surface area contributed by atoms with Crippen LogP contribution < -0.4 is 5.73 Å². The van der Waals surface area contributed by atoms with E-state index in [1.165, 1.54) is 6.92 Å². The number of rotatable bonds is 2. The molecule has 0 rings (SSSR count). The Labute approximate surface area is 77.5 Å². The molecule has 0 aromatic rings. The second kappa shape index (κ2) is 16.9. The van der Waals surface area contributed by atoms with Crippen LogP contribution >= 0.6 is 0 Å². The van der Waals surface area contributed by atoms with E-state index < -0.39 is 0 Å². The van der Waals surface area contributed by atoms with Gasteiger partial charge in [0.2, 0.25) is 0 Å². The minimum absolute atomic E-state index is 0.164. The molecule has 0 aliphatic rings. The van der Waals surface area contributed by atoms with Gasteiger partial charge in [0, 0.05) is 6.42 Å². The van der Waals surface area contributed by atoms with Crippen LogP contribution in [0.2, 0.25) is 0 Å². The summed E-state index contributed by atoms with van der Waals surface area (Å²) >= 11 is 0. The van der Waals surface area contributed by atoms with Crippen LogP contribution in [-0.2, 0) is 4.79 Å². The summed E-state index contributed by atoms with van der Waals surface area (Å²) in [5.41, 5.74) is 5.01. The predicted octanol–water partition coefficient (Wildman–Crippen LogP) is 2.61. The third kappa shape index (κ3) is 104. The highest BCUT2D eigenvalue weighted by Crippen LogP contribution is 1.81. The quantitative estimate of drug-likeness (QED) is 0.701. The molecule has 0 spiro atoms. The molecule has 76 valence electrons. The van der Waals surface area contributed by atoms with Crippen molar-refractivity contribution in [2.75, 3.05) is 6.54 Å². The summed E-state index contributed by atoms with van der Waals surface area (Å²) in [7, 11) is 0. The normalized spacial score (nSPS) is 7.67. The molecular formula is C10H25NO. The van der Waals surface area contributed by atoms with Crippen LogP contribution in [0, 0.1) is 5.92 Å². The van der Waals surface area contributed by atoms with E-state index in [9.17, 15) is 4.79 Å². The molecule has 0 atom stereocenters. The predicted molar refractivity (Wildman–Crippen MR) is 56.2 cm³/mol. The first-order chi connectivity index (χ1) is 5.50. The van der Waals surface area contributed by atoms with Gasteiger partial charge in [0.1, 0.15) is 5.78 Å². The molecule has 2 N–H and O–H groups in total. The second-order valence-corrected chi connectivity index (χ2v) is 2.97. The molecule has 2 nitrogen and oxygen atoms in total. The zero-order valence-corrected chi connectivity index (χ0v) is 9.48. The van der Waals surface area contributed by atoms with E-state index in [0.29, 0.717) is 13.0 Å². The average molecular weight is 175 g/mol. The number of hydrogen-bond acceptors (Lipinski definition) is 2. The fourth-order valence-corrected chi connectivity index (χ4v) is 0.203. The smallest absolute Gasteiger partial charge is 0.131 e. The van der Waals surface area contributed by atoms with Gasteiger partial charge in [-0.15, -0.1) is 0 Å². The Bertz CT molecular complexity index is 77.2. The molecule has 0 aliphatic carbocycles. The maximum Gasteiger partial charge on any atom is 0.131 e. The van der Waals surface area contributed by atoms with E-state index in [1.807, 2.05) is 13.8 Å². The van der Waals surface area contributed by atoms with Gasteiger partial charge in [0.05, 0.1) is 0 Å². The first kappa shape index (κ1) is 17.6. The summed E-state index contributed by atoms with van der Waals surface area (Å²) in [4.78, 5) is 9.96.